The summed E-state index contributed by atoms with van der Waals surface area (Å²) in [6, 6.07) is 46.8. The van der Waals surface area contributed by atoms with E-state index in [0.29, 0.717) is 23.6 Å². The maximum atomic E-state index is 13.9. The predicted molar refractivity (Wildman–Crippen MR) is 227 cm³/mol. The Morgan fingerprint density at radius 2 is 1.29 bits per heavy atom. The van der Waals surface area contributed by atoms with Crippen molar-refractivity contribution in [2.24, 2.45) is 5.41 Å². The lowest BCUT2D eigenvalue weighted by atomic mass is 9.77. The van der Waals surface area contributed by atoms with Crippen molar-refractivity contribution in [1.82, 2.24) is 25.5 Å². The average molecular weight is 791 g/mol. The molecule has 0 bridgehead atoms. The molecule has 0 spiro atoms. The van der Waals surface area contributed by atoms with Gasteiger partial charge in [0.2, 0.25) is 6.79 Å². The summed E-state index contributed by atoms with van der Waals surface area (Å²) in [6.45, 7) is 10.3. The van der Waals surface area contributed by atoms with Gasteiger partial charge in [-0.25, -0.2) is 9.48 Å². The average Bonchev–Trinajstić information content (AvgIpc) is 3.85. The number of rotatable bonds is 13. The first-order valence-corrected chi connectivity index (χ1v) is 19.9. The van der Waals surface area contributed by atoms with Crippen molar-refractivity contribution in [3.8, 4) is 22.5 Å². The number of carbonyl (C=O) groups is 2. The Kier molecular flexibility index (Phi) is 11.5. The van der Waals surface area contributed by atoms with Crippen molar-refractivity contribution in [2.75, 3.05) is 11.7 Å². The number of hydrogen-bond donors (Lipinski definition) is 2. The molecule has 2 heterocycles. The molecule has 6 aromatic rings. The maximum absolute atomic E-state index is 13.9. The third-order valence-electron chi connectivity index (χ3n) is 10.7. The first-order valence-electron chi connectivity index (χ1n) is 19.9. The molecule has 59 heavy (non-hydrogen) atoms. The van der Waals surface area contributed by atoms with Gasteiger partial charge in [-0.15, -0.1) is 5.10 Å². The highest BCUT2D eigenvalue weighted by atomic mass is 16.7. The number of nitrogens with one attached hydrogen (secondary N) is 1. The lowest BCUT2D eigenvalue weighted by Gasteiger charge is -2.38. The Hall–Kier alpha value is -6.59. The molecule has 7 rings (SSSR count). The molecule has 1 aliphatic heterocycles. The zero-order valence-corrected chi connectivity index (χ0v) is 34.3. The topological polar surface area (TPSA) is 132 Å². The number of nitrogens with zero attached hydrogens (tertiary/aromatic N) is 5. The van der Waals surface area contributed by atoms with E-state index >= 15 is 0 Å². The second-order valence-electron chi connectivity index (χ2n) is 16.0. The summed E-state index contributed by atoms with van der Waals surface area (Å²) in [5.74, 6) is -0.653. The van der Waals surface area contributed by atoms with Gasteiger partial charge in [-0.3, -0.25) is 4.79 Å². The highest BCUT2D eigenvalue weighted by Crippen LogP contribution is 2.44. The lowest BCUT2D eigenvalue weighted by molar-refractivity contribution is -0.171. The number of benzene rings is 5. The third-order valence-corrected chi connectivity index (χ3v) is 10.7. The number of ether oxygens (including phenoxy) is 2. The largest absolute Gasteiger partial charge is 0.427 e. The molecule has 1 aliphatic rings. The molecule has 2 N–H and O–H groups in total. The van der Waals surface area contributed by atoms with E-state index < -0.39 is 41.5 Å². The van der Waals surface area contributed by atoms with E-state index in [9.17, 15) is 14.7 Å². The van der Waals surface area contributed by atoms with Gasteiger partial charge in [0.1, 0.15) is 11.2 Å². The highest BCUT2D eigenvalue weighted by molar-refractivity contribution is 5.96. The van der Waals surface area contributed by atoms with Crippen LogP contribution in [0, 0.1) is 5.41 Å². The van der Waals surface area contributed by atoms with Gasteiger partial charge in [-0.2, -0.15) is 0 Å². The fourth-order valence-corrected chi connectivity index (χ4v) is 7.98. The minimum Gasteiger partial charge on any atom is -0.427 e. The van der Waals surface area contributed by atoms with E-state index in [-0.39, 0.29) is 5.70 Å². The van der Waals surface area contributed by atoms with Gasteiger partial charge in [0.15, 0.2) is 11.5 Å². The number of carbonyl (C=O) groups excluding carboxylic acids is 2. The molecule has 0 radical (unpaired) electrons. The van der Waals surface area contributed by atoms with Crippen molar-refractivity contribution >= 4 is 17.6 Å². The van der Waals surface area contributed by atoms with Crippen LogP contribution in [0.2, 0.25) is 0 Å². The molecule has 0 fully saturated rings. The Bertz CT molecular complexity index is 2330. The Morgan fingerprint density at radius 3 is 1.80 bits per heavy atom. The van der Waals surface area contributed by atoms with E-state index in [1.807, 2.05) is 120 Å². The number of aliphatic hydroxyl groups excluding tert-OH is 1. The summed E-state index contributed by atoms with van der Waals surface area (Å²) >= 11 is 0. The van der Waals surface area contributed by atoms with Gasteiger partial charge in [-0.1, -0.05) is 141 Å². The van der Waals surface area contributed by atoms with Crippen LogP contribution in [0.5, 0.6) is 0 Å². The second-order valence-corrected chi connectivity index (χ2v) is 16.0. The first-order chi connectivity index (χ1) is 28.4. The standard InChI is InChI=1S/C48H50N6O5/c1-7-31-47(6)49-41(33(2)55)42(44(56)58-32-59-45(57)46(3,4)5)53(47)38-29-27-34(28-30-38)39-25-17-18-26-40(39)43-50-51-52-54(43)48(35-19-11-8-12-20-35,36-21-13-9-14-22-36)37-23-15-10-16-24-37/h8-30,33,49,55H,7,31-32H2,1-6H3. The van der Waals surface area contributed by atoms with Crippen LogP contribution in [-0.4, -0.2) is 55.8 Å². The van der Waals surface area contributed by atoms with E-state index in [0.717, 1.165) is 39.8 Å². The van der Waals surface area contributed by atoms with Crippen LogP contribution in [0.3, 0.4) is 0 Å². The highest BCUT2D eigenvalue weighted by Gasteiger charge is 2.46. The molecule has 0 saturated carbocycles. The Morgan fingerprint density at radius 1 is 0.763 bits per heavy atom. The van der Waals surface area contributed by atoms with Crippen molar-refractivity contribution in [1.29, 1.82) is 0 Å². The molecular weight excluding hydrogens is 741 g/mol. The minimum atomic E-state index is -1.01. The molecule has 2 unspecified atom stereocenters. The lowest BCUT2D eigenvalue weighted by Crippen LogP contribution is -2.51. The molecule has 0 saturated heterocycles. The van der Waals surface area contributed by atoms with Crippen LogP contribution >= 0.6 is 0 Å². The molecule has 0 amide bonds. The number of aliphatic hydroxyl groups is 1. The summed E-state index contributed by atoms with van der Waals surface area (Å²) in [5.41, 5.74) is 4.29. The maximum Gasteiger partial charge on any atom is 0.359 e. The molecule has 11 heteroatoms. The van der Waals surface area contributed by atoms with Crippen LogP contribution in [0.15, 0.2) is 151 Å². The first kappa shape index (κ1) is 40.6. The SMILES string of the molecule is CCCC1(C)NC(C(C)O)=C(C(=O)OCOC(=O)C(C)(C)C)N1c1ccc(-c2ccccc2-c2nnnn2C(c2ccccc2)(c2ccccc2)c2ccccc2)cc1. The van der Waals surface area contributed by atoms with Crippen molar-refractivity contribution < 1.29 is 24.2 Å². The van der Waals surface area contributed by atoms with E-state index in [1.54, 1.807) is 27.7 Å². The van der Waals surface area contributed by atoms with Gasteiger partial charge in [-0.05, 0) is 91.4 Å². The predicted octanol–water partition coefficient (Wildman–Crippen LogP) is 8.46. The molecule has 302 valence electrons. The van der Waals surface area contributed by atoms with E-state index in [2.05, 4.69) is 53.9 Å². The second kappa shape index (κ2) is 16.7. The molecule has 1 aromatic heterocycles. The summed E-state index contributed by atoms with van der Waals surface area (Å²) in [7, 11) is 0. The zero-order valence-electron chi connectivity index (χ0n) is 34.3. The number of anilines is 1. The van der Waals surface area contributed by atoms with Crippen LogP contribution < -0.4 is 10.2 Å². The normalized spacial score (nSPS) is 16.1. The molecule has 11 nitrogen and oxygen atoms in total. The van der Waals surface area contributed by atoms with Gasteiger partial charge < -0.3 is 24.8 Å². The summed E-state index contributed by atoms with van der Waals surface area (Å²) in [6.07, 6.45) is 0.413. The summed E-state index contributed by atoms with van der Waals surface area (Å²) in [4.78, 5) is 28.2. The van der Waals surface area contributed by atoms with Crippen molar-refractivity contribution in [2.45, 2.75) is 71.7 Å². The number of esters is 2. The quantitative estimate of drug-likeness (QED) is 0.0668. The van der Waals surface area contributed by atoms with Gasteiger partial charge in [0.05, 0.1) is 17.2 Å². The Balaban J connectivity index is 1.31. The van der Waals surface area contributed by atoms with E-state index in [1.165, 1.54) is 0 Å². The number of tetrazole rings is 1. The molecule has 2 atom stereocenters. The van der Waals surface area contributed by atoms with Crippen molar-refractivity contribution in [3.05, 3.63) is 168 Å². The van der Waals surface area contributed by atoms with Crippen LogP contribution in [0.1, 0.15) is 71.1 Å². The summed E-state index contributed by atoms with van der Waals surface area (Å²) in [5, 5.41) is 28.1. The van der Waals surface area contributed by atoms with Gasteiger partial charge in [0, 0.05) is 11.3 Å². The summed E-state index contributed by atoms with van der Waals surface area (Å²) < 4.78 is 12.7. The number of hydrogen-bond acceptors (Lipinski definition) is 10. The van der Waals surface area contributed by atoms with Crippen molar-refractivity contribution in [3.63, 3.8) is 0 Å². The van der Waals surface area contributed by atoms with E-state index in [4.69, 9.17) is 19.8 Å². The minimum absolute atomic E-state index is 0.147. The zero-order chi connectivity index (χ0) is 41.8. The third kappa shape index (κ3) is 7.73. The van der Waals surface area contributed by atoms with Crippen LogP contribution in [0.25, 0.3) is 22.5 Å². The molecular formula is C48H50N6O5. The molecule has 5 aromatic carbocycles. The van der Waals surface area contributed by atoms with Crippen LogP contribution in [0.4, 0.5) is 5.69 Å². The fraction of sp³-hybridized carbons (Fsp3) is 0.271. The molecule has 0 aliphatic carbocycles. The Labute approximate surface area is 345 Å². The monoisotopic (exact) mass is 790 g/mol. The van der Waals surface area contributed by atoms with Crippen LogP contribution in [-0.2, 0) is 24.6 Å². The fourth-order valence-electron chi connectivity index (χ4n) is 7.98. The number of aromatic nitrogens is 4. The smallest absolute Gasteiger partial charge is 0.359 e. The van der Waals surface area contributed by atoms with Gasteiger partial charge in [0.25, 0.3) is 0 Å². The van der Waals surface area contributed by atoms with Gasteiger partial charge >= 0.3 is 11.9 Å².